The summed E-state index contributed by atoms with van der Waals surface area (Å²) in [4.78, 5) is 1.24. The summed E-state index contributed by atoms with van der Waals surface area (Å²) in [6.45, 7) is 5.71. The maximum Gasteiger partial charge on any atom is 0.227 e. The van der Waals surface area contributed by atoms with E-state index in [0.29, 0.717) is 18.4 Å². The molecule has 1 fully saturated rings. The number of hydrogen-bond acceptors (Lipinski definition) is 5. The Labute approximate surface area is 110 Å². The third-order valence-corrected chi connectivity index (χ3v) is 4.58. The van der Waals surface area contributed by atoms with E-state index in [1.807, 2.05) is 6.07 Å². The summed E-state index contributed by atoms with van der Waals surface area (Å²) in [6, 6.07) is 4.15. The molecule has 4 nitrogen and oxygen atoms in total. The summed E-state index contributed by atoms with van der Waals surface area (Å²) in [5.41, 5.74) is -0.223. The zero-order valence-corrected chi connectivity index (χ0v) is 11.4. The molecule has 0 radical (unpaired) electrons. The number of hydrogen-bond donors (Lipinski definition) is 0. The summed E-state index contributed by atoms with van der Waals surface area (Å²) in [6.07, 6.45) is 0.973. The van der Waals surface area contributed by atoms with E-state index in [1.165, 1.54) is 4.88 Å². The first-order chi connectivity index (χ1) is 8.68. The number of nitrogens with zero attached hydrogens (tertiary/aromatic N) is 2. The highest BCUT2D eigenvalue weighted by atomic mass is 32.1. The van der Waals surface area contributed by atoms with E-state index in [2.05, 4.69) is 35.5 Å². The van der Waals surface area contributed by atoms with E-state index in [4.69, 9.17) is 9.15 Å². The quantitative estimate of drug-likeness (QED) is 0.855. The molecule has 3 heterocycles. The molecule has 5 heteroatoms. The molecule has 2 aromatic heterocycles. The molecular weight excluding hydrogens is 248 g/mol. The van der Waals surface area contributed by atoms with Crippen molar-refractivity contribution in [3.63, 3.8) is 0 Å². The monoisotopic (exact) mass is 264 g/mol. The first kappa shape index (κ1) is 11.9. The van der Waals surface area contributed by atoms with Gasteiger partial charge in [-0.25, -0.2) is 0 Å². The Balaban J connectivity index is 1.88. The van der Waals surface area contributed by atoms with Crippen molar-refractivity contribution in [1.82, 2.24) is 10.2 Å². The number of ether oxygens (including phenoxy) is 1. The van der Waals surface area contributed by atoms with Crippen LogP contribution >= 0.6 is 11.3 Å². The summed E-state index contributed by atoms with van der Waals surface area (Å²) < 4.78 is 11.2. The molecule has 0 spiro atoms. The van der Waals surface area contributed by atoms with E-state index in [-0.39, 0.29) is 11.3 Å². The Morgan fingerprint density at radius 1 is 1.39 bits per heavy atom. The van der Waals surface area contributed by atoms with Crippen molar-refractivity contribution in [1.29, 1.82) is 0 Å². The Kier molecular flexibility index (Phi) is 2.95. The van der Waals surface area contributed by atoms with Crippen molar-refractivity contribution in [2.24, 2.45) is 0 Å². The average molecular weight is 264 g/mol. The Hall–Kier alpha value is -1.20. The van der Waals surface area contributed by atoms with Crippen molar-refractivity contribution in [2.75, 3.05) is 13.2 Å². The predicted molar refractivity (Wildman–Crippen MR) is 68.9 cm³/mol. The molecular formula is C13H16N2O2S. The second-order valence-electron chi connectivity index (χ2n) is 5.11. The lowest BCUT2D eigenvalue weighted by Gasteiger charge is -2.17. The van der Waals surface area contributed by atoms with Gasteiger partial charge in [-0.1, -0.05) is 6.07 Å². The van der Waals surface area contributed by atoms with Crippen LogP contribution in [0.1, 0.15) is 42.8 Å². The van der Waals surface area contributed by atoms with Crippen LogP contribution in [0.15, 0.2) is 21.9 Å². The lowest BCUT2D eigenvalue weighted by Crippen LogP contribution is -2.17. The van der Waals surface area contributed by atoms with E-state index in [9.17, 15) is 0 Å². The topological polar surface area (TPSA) is 48.2 Å². The molecule has 0 aromatic carbocycles. The SMILES string of the molecule is CC(C)(c1nnc(C2CCOC2)o1)c1cccs1. The molecule has 0 saturated carbocycles. The largest absolute Gasteiger partial charge is 0.424 e. The highest BCUT2D eigenvalue weighted by Gasteiger charge is 2.32. The van der Waals surface area contributed by atoms with Gasteiger partial charge in [0.25, 0.3) is 0 Å². The molecule has 96 valence electrons. The van der Waals surface area contributed by atoms with Crippen LogP contribution in [0.3, 0.4) is 0 Å². The summed E-state index contributed by atoms with van der Waals surface area (Å²) in [5, 5.41) is 10.5. The fourth-order valence-electron chi connectivity index (χ4n) is 2.12. The fraction of sp³-hybridized carbons (Fsp3) is 0.538. The van der Waals surface area contributed by atoms with Gasteiger partial charge in [-0.3, -0.25) is 0 Å². The molecule has 1 atom stereocenters. The first-order valence-electron chi connectivity index (χ1n) is 6.13. The Bertz CT molecular complexity index is 513. The summed E-state index contributed by atoms with van der Waals surface area (Å²) >= 11 is 1.71. The van der Waals surface area contributed by atoms with Crippen LogP contribution in [-0.2, 0) is 10.2 Å². The van der Waals surface area contributed by atoms with E-state index in [1.54, 1.807) is 11.3 Å². The maximum absolute atomic E-state index is 5.86. The first-order valence-corrected chi connectivity index (χ1v) is 7.01. The zero-order valence-electron chi connectivity index (χ0n) is 10.5. The molecule has 1 unspecified atom stereocenters. The van der Waals surface area contributed by atoms with Gasteiger partial charge in [-0.05, 0) is 31.7 Å². The van der Waals surface area contributed by atoms with Gasteiger partial charge in [0.05, 0.1) is 17.9 Å². The van der Waals surface area contributed by atoms with Crippen molar-refractivity contribution < 1.29 is 9.15 Å². The third-order valence-electron chi connectivity index (χ3n) is 3.39. The standard InChI is InChI=1S/C13H16N2O2S/c1-13(2,10-4-3-7-18-10)12-15-14-11(17-12)9-5-6-16-8-9/h3-4,7,9H,5-6,8H2,1-2H3. The molecule has 0 amide bonds. The normalized spacial score (nSPS) is 20.4. The molecule has 0 aliphatic carbocycles. The van der Waals surface area contributed by atoms with Crippen molar-refractivity contribution in [3.05, 3.63) is 34.2 Å². The second-order valence-corrected chi connectivity index (χ2v) is 6.06. The smallest absolute Gasteiger partial charge is 0.227 e. The zero-order chi connectivity index (χ0) is 12.6. The van der Waals surface area contributed by atoms with Gasteiger partial charge >= 0.3 is 0 Å². The minimum atomic E-state index is -0.223. The van der Waals surface area contributed by atoms with Crippen LogP contribution in [0.5, 0.6) is 0 Å². The second kappa shape index (κ2) is 4.48. The molecule has 0 bridgehead atoms. The molecule has 2 aromatic rings. The fourth-order valence-corrected chi connectivity index (χ4v) is 2.96. The highest BCUT2D eigenvalue weighted by molar-refractivity contribution is 7.10. The highest BCUT2D eigenvalue weighted by Crippen LogP contribution is 2.35. The number of thiophene rings is 1. The van der Waals surface area contributed by atoms with Crippen LogP contribution in [0.25, 0.3) is 0 Å². The van der Waals surface area contributed by atoms with Crippen LogP contribution in [0.4, 0.5) is 0 Å². The molecule has 18 heavy (non-hydrogen) atoms. The van der Waals surface area contributed by atoms with Gasteiger partial charge in [-0.15, -0.1) is 21.5 Å². The minimum Gasteiger partial charge on any atom is -0.424 e. The maximum atomic E-state index is 5.86. The number of aromatic nitrogens is 2. The van der Waals surface area contributed by atoms with E-state index in [0.717, 1.165) is 13.0 Å². The van der Waals surface area contributed by atoms with Crippen LogP contribution in [0.2, 0.25) is 0 Å². The van der Waals surface area contributed by atoms with Crippen molar-refractivity contribution >= 4 is 11.3 Å². The molecule has 1 aliphatic rings. The van der Waals surface area contributed by atoms with Gasteiger partial charge in [0.2, 0.25) is 11.8 Å². The Morgan fingerprint density at radius 2 is 2.28 bits per heavy atom. The van der Waals surface area contributed by atoms with Gasteiger partial charge in [0, 0.05) is 11.5 Å². The molecule has 0 N–H and O–H groups in total. The molecule has 1 aliphatic heterocycles. The van der Waals surface area contributed by atoms with E-state index < -0.39 is 0 Å². The van der Waals surface area contributed by atoms with E-state index >= 15 is 0 Å². The lowest BCUT2D eigenvalue weighted by molar-refractivity contribution is 0.190. The summed E-state index contributed by atoms with van der Waals surface area (Å²) in [5.74, 6) is 1.67. The summed E-state index contributed by atoms with van der Waals surface area (Å²) in [7, 11) is 0. The van der Waals surface area contributed by atoms with Gasteiger partial charge in [0.15, 0.2) is 0 Å². The predicted octanol–water partition coefficient (Wildman–Crippen LogP) is 2.96. The van der Waals surface area contributed by atoms with Gasteiger partial charge < -0.3 is 9.15 Å². The van der Waals surface area contributed by atoms with Crippen LogP contribution in [0, 0.1) is 0 Å². The van der Waals surface area contributed by atoms with Crippen molar-refractivity contribution in [2.45, 2.75) is 31.6 Å². The minimum absolute atomic E-state index is 0.223. The van der Waals surface area contributed by atoms with Gasteiger partial charge in [0.1, 0.15) is 0 Å². The van der Waals surface area contributed by atoms with Gasteiger partial charge in [-0.2, -0.15) is 0 Å². The molecule has 1 saturated heterocycles. The van der Waals surface area contributed by atoms with Crippen LogP contribution in [-0.4, -0.2) is 23.4 Å². The van der Waals surface area contributed by atoms with Crippen LogP contribution < -0.4 is 0 Å². The third kappa shape index (κ3) is 1.97. The number of rotatable bonds is 3. The average Bonchev–Trinajstić information content (AvgIpc) is 3.12. The Morgan fingerprint density at radius 3 is 2.94 bits per heavy atom. The van der Waals surface area contributed by atoms with Crippen molar-refractivity contribution in [3.8, 4) is 0 Å². The lowest BCUT2D eigenvalue weighted by atomic mass is 9.91. The molecule has 3 rings (SSSR count).